The summed E-state index contributed by atoms with van der Waals surface area (Å²) in [6.45, 7) is 9.34. The standard InChI is InChI=1S/C88H121N29O25/c1-42(2)22-58(72(92)126)110-73(127)43(3)101-80(134)67(31-89)117(87(141)65(23-52-18-14-12-15-19-52)113-78(132)63(29-70(122)123)111-81(135)68(32-90)115(83(137)44(4)102-74(128)59(106-48(8)118)25-54-34-93-38-97-54)84(138)45(5)103-75(129)60(107-49(9)119)26-55-35-94-39-98-55)88(142)66(24-53-20-16-13-17-21-53)114-79(133)64(30-71(124)125)112-82(136)69(33-91)116(85(139)46(6)104-76(130)61(108-50(10)120)27-56-36-95-40-99-56)86(140)47(7)105-77(131)62(109-51(11)121)28-57-37-96-41-100-57/h12-21,34-47,58-69H,22-33,89-91H2,1-11H3,(H2,92,126)(H,93,97)(H,94,98)(H,95,99)(H,96,100)(H,101,134)(H,102,128)(H,103,129)(H,104,130)(H,105,131)(H,106,118)(H,107,119)(H,108,120)(H,109,121)(H,110,127)(H,111,135)(H,112,136)(H,113,132)(H,114,133)(H,122,123)(H,124,125)/t43-,44-,45-,46-,47-,58-,59-,60-,61-,62-,63-,64-,65-,66-,67-,68-,69-/m0/s1. The van der Waals surface area contributed by atoms with Crippen molar-refractivity contribution < 1.29 is 120 Å². The van der Waals surface area contributed by atoms with Crippen molar-refractivity contribution in [2.45, 2.75) is 237 Å². The normalized spacial score (nSPS) is 14.6. The summed E-state index contributed by atoms with van der Waals surface area (Å²) in [6, 6.07) is -19.8. The van der Waals surface area contributed by atoms with Gasteiger partial charge in [-0.3, -0.25) is 125 Å². The Morgan fingerprint density at radius 1 is 0.296 bits per heavy atom. The summed E-state index contributed by atoms with van der Waals surface area (Å²) in [4.78, 5) is 358. The van der Waals surface area contributed by atoms with Gasteiger partial charge in [0.25, 0.3) is 35.4 Å². The van der Waals surface area contributed by atoms with E-state index in [1.807, 2.05) is 0 Å². The number of aromatic nitrogens is 8. The summed E-state index contributed by atoms with van der Waals surface area (Å²) >= 11 is 0. The van der Waals surface area contributed by atoms with Crippen molar-refractivity contribution in [2.24, 2.45) is 28.9 Å². The van der Waals surface area contributed by atoms with Crippen LogP contribution in [0.15, 0.2) is 111 Å². The van der Waals surface area contributed by atoms with Gasteiger partial charge < -0.3 is 128 Å². The van der Waals surface area contributed by atoms with Gasteiger partial charge in [0.2, 0.25) is 88.6 Å². The SMILES string of the molecule is CC(=O)N[C@@H](Cc1c[nH]cn1)C(=O)N[C@@H](C)C(=O)N(C(=O)[C@H](C)NC(=O)[C@H](Cc1c[nH]cn1)NC(C)=O)[C@@H](CN)C(=O)N[C@@H](CC(=O)O)C(=O)N[C@@H](Cc1ccccc1)C(=O)N(C(=O)[C@H](Cc1ccccc1)NC(=O)[C@H](CC(=O)O)NC(=O)[C@H](CN)N(C(=O)[C@H](C)NC(=O)[C@H](Cc1c[nH]cn1)NC(C)=O)C(=O)[C@H](C)NC(=O)[C@H](Cc1c[nH]cn1)NC(C)=O)[C@@H](CN)C(=O)N[C@@H](C)C(=O)N[C@@H](CC(C)C)C(N)=O. The van der Waals surface area contributed by atoms with Crippen LogP contribution in [0.3, 0.4) is 0 Å². The minimum absolute atomic E-state index is 0.0372. The van der Waals surface area contributed by atoms with Gasteiger partial charge in [0.1, 0.15) is 103 Å². The molecule has 54 heteroatoms. The Labute approximate surface area is 811 Å². The number of aliphatic carboxylic acids is 2. The van der Waals surface area contributed by atoms with Crippen LogP contribution in [0.4, 0.5) is 0 Å². The fourth-order valence-corrected chi connectivity index (χ4v) is 14.5. The minimum Gasteiger partial charge on any atom is -0.481 e. The number of nitrogens with zero attached hydrogens (tertiary/aromatic N) is 7. The Morgan fingerprint density at radius 2 is 0.535 bits per heavy atom. The molecule has 0 unspecified atom stereocenters. The largest absolute Gasteiger partial charge is 0.481 e. The summed E-state index contributed by atoms with van der Waals surface area (Å²) in [7, 11) is 0. The van der Waals surface area contributed by atoms with Crippen molar-refractivity contribution in [3.05, 3.63) is 145 Å². The van der Waals surface area contributed by atoms with E-state index >= 15 is 52.7 Å². The number of primary amides is 1. The minimum atomic E-state index is -2.52. The lowest BCUT2D eigenvalue weighted by Crippen LogP contribution is -2.67. The molecule has 6 rings (SSSR count). The average Bonchev–Trinajstić information content (AvgIpc) is 0.876. The molecule has 142 heavy (non-hydrogen) atoms. The first-order valence-corrected chi connectivity index (χ1v) is 44.6. The number of carbonyl (C=O) groups excluding carboxylic acids is 21. The molecular formula is C88H121N29O25. The molecule has 0 radical (unpaired) electrons. The number of hydrogen-bond acceptors (Lipinski definition) is 30. The number of carbonyl (C=O) groups is 23. The molecule has 768 valence electrons. The van der Waals surface area contributed by atoms with Gasteiger partial charge >= 0.3 is 11.9 Å². The zero-order valence-corrected chi connectivity index (χ0v) is 79.5. The molecule has 0 spiro atoms. The van der Waals surface area contributed by atoms with Gasteiger partial charge in [-0.1, -0.05) is 74.5 Å². The molecule has 4 heterocycles. The highest BCUT2D eigenvalue weighted by atomic mass is 16.4. The summed E-state index contributed by atoms with van der Waals surface area (Å²) in [5.74, 6) is -31.1. The molecule has 4 aromatic heterocycles. The molecule has 21 amide bonds. The third kappa shape index (κ3) is 35.2. The lowest BCUT2D eigenvalue weighted by molar-refractivity contribution is -0.157. The maximum absolute atomic E-state index is 16.5. The second-order valence-corrected chi connectivity index (χ2v) is 33.5. The Kier molecular flexibility index (Phi) is 44.5. The number of aromatic amines is 4. The topological polar surface area (TPSA) is 830 Å². The number of hydrogen-bond donors (Lipinski definition) is 24. The number of nitrogens with two attached hydrogens (primary N) is 4. The van der Waals surface area contributed by atoms with Crippen LogP contribution in [-0.2, 0) is 149 Å². The molecule has 0 aliphatic heterocycles. The van der Waals surface area contributed by atoms with Crippen LogP contribution in [0, 0.1) is 5.92 Å². The Hall–Kier alpha value is -16.4. The van der Waals surface area contributed by atoms with Crippen LogP contribution in [-0.4, -0.2) is 323 Å². The number of benzene rings is 2. The maximum atomic E-state index is 16.5. The van der Waals surface area contributed by atoms with E-state index in [0.717, 1.165) is 62.3 Å². The molecule has 0 saturated carbocycles. The summed E-state index contributed by atoms with van der Waals surface area (Å²) in [6.07, 6.45) is 4.71. The highest BCUT2D eigenvalue weighted by molar-refractivity contribution is 6.11. The van der Waals surface area contributed by atoms with Crippen molar-refractivity contribution in [3.8, 4) is 0 Å². The molecule has 2 aromatic carbocycles. The molecule has 54 nitrogen and oxygen atoms in total. The number of amides is 21. The van der Waals surface area contributed by atoms with E-state index in [2.05, 4.69) is 114 Å². The van der Waals surface area contributed by atoms with Crippen LogP contribution in [0.25, 0.3) is 0 Å². The van der Waals surface area contributed by atoms with Crippen molar-refractivity contribution in [1.29, 1.82) is 0 Å². The number of imidazole rings is 4. The van der Waals surface area contributed by atoms with Crippen molar-refractivity contribution >= 4 is 136 Å². The van der Waals surface area contributed by atoms with E-state index in [4.69, 9.17) is 22.9 Å². The van der Waals surface area contributed by atoms with Gasteiger partial charge in [0, 0.05) is 111 Å². The first-order chi connectivity index (χ1) is 67.1. The molecule has 0 aliphatic rings. The van der Waals surface area contributed by atoms with E-state index in [1.54, 1.807) is 13.8 Å². The summed E-state index contributed by atoms with van der Waals surface area (Å²) in [5, 5.41) is 53.9. The number of imide groups is 3. The maximum Gasteiger partial charge on any atom is 0.305 e. The molecule has 0 fully saturated rings. The second-order valence-electron chi connectivity index (χ2n) is 33.5. The molecule has 28 N–H and O–H groups in total. The highest BCUT2D eigenvalue weighted by Crippen LogP contribution is 2.20. The highest BCUT2D eigenvalue weighted by Gasteiger charge is 2.48. The Balaban J connectivity index is 1.51. The number of carboxylic acids is 2. The quantitative estimate of drug-likeness (QED) is 0.0169. The number of carboxylic acid groups (broad SMARTS) is 2. The molecule has 0 saturated heterocycles. The van der Waals surface area contributed by atoms with E-state index < -0.39 is 284 Å². The molecular weight excluding hydrogens is 1860 g/mol. The van der Waals surface area contributed by atoms with Gasteiger partial charge in [-0.15, -0.1) is 0 Å². The van der Waals surface area contributed by atoms with E-state index in [1.165, 1.54) is 111 Å². The van der Waals surface area contributed by atoms with Crippen LogP contribution < -0.4 is 97.4 Å². The Morgan fingerprint density at radius 3 is 0.768 bits per heavy atom. The molecule has 0 bridgehead atoms. The number of H-pyrrole nitrogens is 4. The number of nitrogens with one attached hydrogen (secondary N) is 18. The van der Waals surface area contributed by atoms with Gasteiger partial charge in [-0.25, -0.2) is 19.9 Å². The van der Waals surface area contributed by atoms with Gasteiger partial charge in [-0.05, 0) is 58.1 Å². The number of rotatable bonds is 55. The molecule has 0 aliphatic carbocycles. The molecule has 6 aromatic rings. The van der Waals surface area contributed by atoms with Crippen molar-refractivity contribution in [1.82, 2.24) is 129 Å². The fraction of sp³-hybridized carbons (Fsp3) is 0.466. The fourth-order valence-electron chi connectivity index (χ4n) is 14.5. The first kappa shape index (κ1) is 114. The van der Waals surface area contributed by atoms with Gasteiger partial charge in [-0.2, -0.15) is 0 Å². The summed E-state index contributed by atoms with van der Waals surface area (Å²) in [5.41, 5.74) is 25.7. The third-order valence-corrected chi connectivity index (χ3v) is 21.4. The van der Waals surface area contributed by atoms with E-state index in [0.29, 0.717) is 0 Å². The van der Waals surface area contributed by atoms with E-state index in [-0.39, 0.29) is 86.6 Å². The first-order valence-electron chi connectivity index (χ1n) is 44.6. The van der Waals surface area contributed by atoms with Crippen LogP contribution in [0.2, 0.25) is 0 Å². The van der Waals surface area contributed by atoms with Crippen LogP contribution in [0.5, 0.6) is 0 Å². The predicted molar refractivity (Wildman–Crippen MR) is 495 cm³/mol. The van der Waals surface area contributed by atoms with Crippen molar-refractivity contribution in [3.63, 3.8) is 0 Å². The zero-order valence-electron chi connectivity index (χ0n) is 79.5. The van der Waals surface area contributed by atoms with Crippen molar-refractivity contribution in [2.75, 3.05) is 19.6 Å². The lowest BCUT2D eigenvalue weighted by Gasteiger charge is -2.36. The smallest absolute Gasteiger partial charge is 0.305 e. The monoisotopic (exact) mass is 1980 g/mol. The second kappa shape index (κ2) is 55.2. The third-order valence-electron chi connectivity index (χ3n) is 21.4. The summed E-state index contributed by atoms with van der Waals surface area (Å²) < 4.78 is 0. The van der Waals surface area contributed by atoms with Crippen LogP contribution >= 0.6 is 0 Å². The van der Waals surface area contributed by atoms with E-state index in [9.17, 15) is 67.7 Å². The zero-order chi connectivity index (χ0) is 106. The molecule has 17 atom stereocenters. The average molecular weight is 1990 g/mol. The van der Waals surface area contributed by atoms with Gasteiger partial charge in [0.05, 0.1) is 60.9 Å². The lowest BCUT2D eigenvalue weighted by atomic mass is 9.99. The van der Waals surface area contributed by atoms with Gasteiger partial charge in [0.15, 0.2) is 0 Å². The predicted octanol–water partition coefficient (Wildman–Crippen LogP) is -9.17. The Bertz CT molecular complexity index is 4970. The van der Waals surface area contributed by atoms with Crippen LogP contribution in [0.1, 0.15) is 129 Å².